The molecule has 5 amide bonds. The number of fused-ring (bicyclic) bond motifs is 5. The number of amides is 5. The van der Waals surface area contributed by atoms with Gasteiger partial charge in [-0.2, -0.15) is 0 Å². The summed E-state index contributed by atoms with van der Waals surface area (Å²) in [7, 11) is 1.37. The summed E-state index contributed by atoms with van der Waals surface area (Å²) in [6, 6.07) is 16.3. The van der Waals surface area contributed by atoms with Crippen LogP contribution >= 0.6 is 11.6 Å². The van der Waals surface area contributed by atoms with E-state index in [1.807, 2.05) is 12.1 Å². The smallest absolute Gasteiger partial charge is 0.251 e. The number of hydrogen-bond acceptors (Lipinski definition) is 10. The monoisotopic (exact) mass is 865 g/mol. The lowest BCUT2D eigenvalue weighted by Gasteiger charge is -2.32. The highest BCUT2D eigenvalue weighted by Crippen LogP contribution is 2.39. The van der Waals surface area contributed by atoms with Crippen LogP contribution in [-0.2, 0) is 30.4 Å². The number of likely N-dealkylation sites (N-methyl/N-ethyl adjacent to an activating group) is 1. The summed E-state index contributed by atoms with van der Waals surface area (Å²) in [6.45, 7) is 2.60. The van der Waals surface area contributed by atoms with E-state index in [1.54, 1.807) is 36.4 Å². The fourth-order valence-electron chi connectivity index (χ4n) is 6.97. The molecule has 0 aliphatic carbocycles. The number of nitrogens with one attached hydrogen (secondary N) is 4. The topological polar surface area (TPSA) is 269 Å². The van der Waals surface area contributed by atoms with E-state index < -0.39 is 72.1 Å². The van der Waals surface area contributed by atoms with Crippen LogP contribution in [0.2, 0.25) is 5.02 Å². The van der Waals surface area contributed by atoms with Gasteiger partial charge in [0.25, 0.3) is 5.91 Å². The largest absolute Gasteiger partial charge is 0.507 e. The lowest BCUT2D eigenvalue weighted by atomic mass is 9.93. The van der Waals surface area contributed by atoms with E-state index in [-0.39, 0.29) is 46.6 Å². The third kappa shape index (κ3) is 11.5. The lowest BCUT2D eigenvalue weighted by molar-refractivity contribution is -0.141. The summed E-state index contributed by atoms with van der Waals surface area (Å²) < 4.78 is 0. The van der Waals surface area contributed by atoms with Crippen LogP contribution in [0.5, 0.6) is 11.5 Å². The van der Waals surface area contributed by atoms with Crippen LogP contribution in [0.15, 0.2) is 90.0 Å². The van der Waals surface area contributed by atoms with Gasteiger partial charge in [0.05, 0.1) is 12.6 Å². The normalized spacial score (nSPS) is 17.1. The van der Waals surface area contributed by atoms with Gasteiger partial charge in [-0.05, 0) is 116 Å². The Morgan fingerprint density at radius 3 is 2.18 bits per heavy atom. The average molecular weight is 866 g/mol. The third-order valence-corrected chi connectivity index (χ3v) is 10.8. The number of nitrogens with two attached hydrogens (primary N) is 1. The predicted octanol–water partition coefficient (Wildman–Crippen LogP) is 4.44. The highest BCUT2D eigenvalue weighted by atomic mass is 35.5. The maximum absolute atomic E-state index is 14.5. The van der Waals surface area contributed by atoms with Gasteiger partial charge in [-0.3, -0.25) is 28.8 Å². The van der Waals surface area contributed by atoms with E-state index in [0.717, 1.165) is 16.0 Å². The molecule has 0 fully saturated rings. The van der Waals surface area contributed by atoms with Crippen molar-refractivity contribution in [2.24, 2.45) is 10.8 Å². The van der Waals surface area contributed by atoms with Crippen molar-refractivity contribution < 1.29 is 39.0 Å². The van der Waals surface area contributed by atoms with E-state index in [0.29, 0.717) is 30.0 Å². The fourth-order valence-corrected chi connectivity index (χ4v) is 7.10. The van der Waals surface area contributed by atoms with Crippen molar-refractivity contribution in [2.75, 3.05) is 20.1 Å². The predicted molar refractivity (Wildman–Crippen MR) is 232 cm³/mol. The number of ketones is 1. The number of benzene rings is 4. The van der Waals surface area contributed by atoms with Crippen LogP contribution in [0.3, 0.4) is 0 Å². The summed E-state index contributed by atoms with van der Waals surface area (Å²) >= 11 is 6.04. The van der Waals surface area contributed by atoms with Gasteiger partial charge >= 0.3 is 0 Å². The second-order valence-corrected chi connectivity index (χ2v) is 15.4. The van der Waals surface area contributed by atoms with E-state index in [2.05, 4.69) is 31.3 Å². The maximum atomic E-state index is 14.5. The number of aromatic hydroxyl groups is 2. The zero-order valence-electron chi connectivity index (χ0n) is 34.3. The minimum atomic E-state index is -1.46. The van der Waals surface area contributed by atoms with E-state index >= 15 is 0 Å². The lowest BCUT2D eigenvalue weighted by Crippen LogP contribution is -2.57. The molecule has 62 heavy (non-hydrogen) atoms. The number of Topliss-reactive ketones (excluding diaryl/α,β-unsaturated/α-hetero) is 1. The van der Waals surface area contributed by atoms with Crippen molar-refractivity contribution in [1.29, 1.82) is 0 Å². The van der Waals surface area contributed by atoms with Crippen LogP contribution in [-0.4, -0.2) is 94.7 Å². The first-order chi connectivity index (χ1) is 29.6. The van der Waals surface area contributed by atoms with E-state index in [4.69, 9.17) is 22.9 Å². The van der Waals surface area contributed by atoms with Gasteiger partial charge in [0.15, 0.2) is 5.78 Å². The third-order valence-electron chi connectivity index (χ3n) is 10.5. The van der Waals surface area contributed by atoms with Crippen molar-refractivity contribution >= 4 is 46.9 Å². The molecule has 0 unspecified atom stereocenters. The first-order valence-corrected chi connectivity index (χ1v) is 20.2. The standard InChI is InChI=1S/C44H48ClN9O8/c1-24(38(57)23-48-53-47)49-42(60)35-21-26-7-17-36(55)32(20-26)33-22-30(14-18-37(33)56)39(43(61)50-25(2)40(58)52-35)54(3)44(62)34(6-4-5-19-46)51-41(59)29-10-8-27(9-11-29)28-12-15-31(45)16-13-28/h7-18,20,22,24-25,34-35,39,55-56H,4-6,19,21,23,46H2,1-3H3,(H,49,60)(H,50,61)(H,51,59)(H,52,58)/t24-,25-,34-,35-,39-/m0/s1. The van der Waals surface area contributed by atoms with Crippen molar-refractivity contribution in [2.45, 2.75) is 69.7 Å². The van der Waals surface area contributed by atoms with Gasteiger partial charge in [-0.1, -0.05) is 53.1 Å². The van der Waals surface area contributed by atoms with Gasteiger partial charge < -0.3 is 42.1 Å². The molecule has 0 saturated carbocycles. The molecule has 0 aromatic heterocycles. The molecule has 4 aromatic carbocycles. The minimum Gasteiger partial charge on any atom is -0.507 e. The van der Waals surface area contributed by atoms with Crippen LogP contribution in [0.4, 0.5) is 0 Å². The number of nitrogens with zero attached hydrogens (tertiary/aromatic N) is 4. The van der Waals surface area contributed by atoms with Gasteiger partial charge in [0.2, 0.25) is 23.6 Å². The molecule has 8 N–H and O–H groups in total. The van der Waals surface area contributed by atoms with Crippen LogP contribution in [0.1, 0.15) is 60.6 Å². The number of hydrogen-bond donors (Lipinski definition) is 7. The first kappa shape index (κ1) is 46.1. The number of phenols is 2. The van der Waals surface area contributed by atoms with Crippen molar-refractivity contribution in [3.05, 3.63) is 117 Å². The molecule has 1 aliphatic heterocycles. The van der Waals surface area contributed by atoms with Gasteiger partial charge in [0, 0.05) is 40.1 Å². The molecule has 5 rings (SSSR count). The number of rotatable bonds is 14. The van der Waals surface area contributed by atoms with Crippen molar-refractivity contribution in [1.82, 2.24) is 26.2 Å². The summed E-state index contributed by atoms with van der Waals surface area (Å²) in [5.74, 6) is -4.68. The van der Waals surface area contributed by atoms with E-state index in [9.17, 15) is 39.0 Å². The maximum Gasteiger partial charge on any atom is 0.251 e. The molecule has 0 saturated heterocycles. The molecular weight excluding hydrogens is 818 g/mol. The number of azide groups is 1. The van der Waals surface area contributed by atoms with Gasteiger partial charge in [0.1, 0.15) is 35.7 Å². The quantitative estimate of drug-likeness (QED) is 0.0408. The Bertz CT molecular complexity index is 2370. The van der Waals surface area contributed by atoms with Crippen LogP contribution in [0, 0.1) is 0 Å². The Morgan fingerprint density at radius 1 is 0.903 bits per heavy atom. The highest BCUT2D eigenvalue weighted by Gasteiger charge is 2.36. The SMILES string of the molecule is C[C@H](NC(=O)[C@@H]1Cc2ccc(O)c(c2)-c2cc(ccc2O)[C@H](N(C)C(=O)[C@H](CCCCN)NC(=O)c2ccc(-c3ccc(Cl)cc3)cc2)C(=O)N[C@@H](C)C(=O)N1)C(=O)CN=[N+]=[N-]. The Labute approximate surface area is 362 Å². The highest BCUT2D eigenvalue weighted by molar-refractivity contribution is 6.30. The average Bonchev–Trinajstić information content (AvgIpc) is 3.25. The summed E-state index contributed by atoms with van der Waals surface area (Å²) in [5, 5.41) is 36.6. The van der Waals surface area contributed by atoms with Crippen LogP contribution in [0.25, 0.3) is 32.7 Å². The number of carbonyl (C=O) groups excluding carboxylic acids is 6. The number of unbranched alkanes of at least 4 members (excludes halogenated alkanes) is 1. The summed E-state index contributed by atoms with van der Waals surface area (Å²) in [4.78, 5) is 86.0. The molecule has 5 atom stereocenters. The van der Waals surface area contributed by atoms with E-state index in [1.165, 1.54) is 57.3 Å². The molecule has 324 valence electrons. The molecule has 1 heterocycles. The number of halogens is 1. The molecule has 17 nitrogen and oxygen atoms in total. The Kier molecular flexibility index (Phi) is 15.7. The minimum absolute atomic E-state index is 0.0859. The fraction of sp³-hybridized carbons (Fsp3) is 0.318. The molecule has 1 aliphatic rings. The summed E-state index contributed by atoms with van der Waals surface area (Å²) in [5.41, 5.74) is 17.2. The number of phenolic OH excluding ortho intramolecular Hbond substituents is 2. The van der Waals surface area contributed by atoms with Gasteiger partial charge in [-0.25, -0.2) is 0 Å². The van der Waals surface area contributed by atoms with Crippen LogP contribution < -0.4 is 27.0 Å². The zero-order valence-corrected chi connectivity index (χ0v) is 35.1. The Balaban J connectivity index is 1.48. The second kappa shape index (κ2) is 21.0. The van der Waals surface area contributed by atoms with Crippen molar-refractivity contribution in [3.8, 4) is 33.8 Å². The Hall–Kier alpha value is -6.94. The van der Waals surface area contributed by atoms with Crippen molar-refractivity contribution in [3.63, 3.8) is 0 Å². The first-order valence-electron chi connectivity index (χ1n) is 19.8. The molecule has 18 heteroatoms. The second-order valence-electron chi connectivity index (χ2n) is 15.0. The molecule has 0 spiro atoms. The molecule has 4 bridgehead atoms. The van der Waals surface area contributed by atoms with Gasteiger partial charge in [-0.15, -0.1) is 0 Å². The number of carbonyl (C=O) groups is 6. The Morgan fingerprint density at radius 2 is 1.53 bits per heavy atom. The molecule has 0 radical (unpaired) electrons. The zero-order chi connectivity index (χ0) is 45.1. The summed E-state index contributed by atoms with van der Waals surface area (Å²) in [6.07, 6.45) is 1.03. The molecular formula is C44H48ClN9O8. The molecule has 4 aromatic rings.